The molecule has 1 rings (SSSR count). The van der Waals surface area contributed by atoms with Crippen molar-refractivity contribution < 1.29 is 0 Å². The Bertz CT molecular complexity index is 110. The second-order valence-corrected chi connectivity index (χ2v) is 4.08. The fourth-order valence-corrected chi connectivity index (χ4v) is 1.62. The molecule has 0 aromatic heterocycles. The molecule has 2 N–H and O–H groups in total. The summed E-state index contributed by atoms with van der Waals surface area (Å²) >= 11 is 0. The van der Waals surface area contributed by atoms with E-state index in [0.29, 0.717) is 11.5 Å². The van der Waals surface area contributed by atoms with E-state index in [0.717, 1.165) is 13.2 Å². The van der Waals surface area contributed by atoms with Crippen LogP contribution in [0.3, 0.4) is 0 Å². The highest BCUT2D eigenvalue weighted by molar-refractivity contribution is 4.79. The SMILES string of the molecule is CC1CC(C)(C)CNCN1. The number of rotatable bonds is 0. The molecule has 2 heteroatoms. The lowest BCUT2D eigenvalue weighted by Gasteiger charge is -2.23. The van der Waals surface area contributed by atoms with Gasteiger partial charge >= 0.3 is 0 Å². The molecule has 0 amide bonds. The summed E-state index contributed by atoms with van der Waals surface area (Å²) in [4.78, 5) is 0. The van der Waals surface area contributed by atoms with Crippen molar-refractivity contribution in [2.24, 2.45) is 5.41 Å². The fourth-order valence-electron chi connectivity index (χ4n) is 1.62. The first-order chi connectivity index (χ1) is 4.60. The molecule has 2 nitrogen and oxygen atoms in total. The van der Waals surface area contributed by atoms with E-state index in [2.05, 4.69) is 31.4 Å². The summed E-state index contributed by atoms with van der Waals surface area (Å²) in [7, 11) is 0. The summed E-state index contributed by atoms with van der Waals surface area (Å²) in [5, 5.41) is 6.75. The topological polar surface area (TPSA) is 24.1 Å². The standard InChI is InChI=1S/C8H18N2/c1-7-4-8(2,3)5-9-6-10-7/h7,9-10H,4-6H2,1-3H3. The molecule has 0 aromatic rings. The van der Waals surface area contributed by atoms with Gasteiger partial charge in [-0.05, 0) is 18.8 Å². The second-order valence-electron chi connectivity index (χ2n) is 4.08. The molecular weight excluding hydrogens is 124 g/mol. The minimum Gasteiger partial charge on any atom is -0.304 e. The van der Waals surface area contributed by atoms with Gasteiger partial charge in [0.25, 0.3) is 0 Å². The Labute approximate surface area is 63.4 Å². The van der Waals surface area contributed by atoms with Crippen molar-refractivity contribution in [2.45, 2.75) is 33.2 Å². The fraction of sp³-hybridized carbons (Fsp3) is 1.00. The van der Waals surface area contributed by atoms with E-state index in [1.165, 1.54) is 6.42 Å². The van der Waals surface area contributed by atoms with Gasteiger partial charge in [0.1, 0.15) is 0 Å². The molecule has 10 heavy (non-hydrogen) atoms. The molecule has 0 saturated carbocycles. The molecule has 1 aliphatic heterocycles. The molecule has 1 aliphatic rings. The Kier molecular flexibility index (Phi) is 2.32. The summed E-state index contributed by atoms with van der Waals surface area (Å²) in [6.45, 7) is 8.96. The van der Waals surface area contributed by atoms with Crippen LogP contribution in [0.15, 0.2) is 0 Å². The third kappa shape index (κ3) is 2.27. The molecule has 1 saturated heterocycles. The molecule has 0 aromatic carbocycles. The zero-order valence-electron chi connectivity index (χ0n) is 7.20. The maximum absolute atomic E-state index is 3.39. The van der Waals surface area contributed by atoms with E-state index < -0.39 is 0 Å². The largest absolute Gasteiger partial charge is 0.304 e. The molecule has 0 bridgehead atoms. The van der Waals surface area contributed by atoms with Crippen LogP contribution in [0.1, 0.15) is 27.2 Å². The maximum atomic E-state index is 3.39. The molecule has 0 aliphatic carbocycles. The molecule has 0 spiro atoms. The van der Waals surface area contributed by atoms with Crippen molar-refractivity contribution in [1.82, 2.24) is 10.6 Å². The summed E-state index contributed by atoms with van der Waals surface area (Å²) in [5.74, 6) is 0. The van der Waals surface area contributed by atoms with E-state index in [-0.39, 0.29) is 0 Å². The Morgan fingerprint density at radius 3 is 2.80 bits per heavy atom. The predicted octanol–water partition coefficient (Wildman–Crippen LogP) is 0.942. The highest BCUT2D eigenvalue weighted by atomic mass is 15.1. The van der Waals surface area contributed by atoms with Gasteiger partial charge < -0.3 is 10.6 Å². The lowest BCUT2D eigenvalue weighted by atomic mass is 9.87. The van der Waals surface area contributed by atoms with Gasteiger partial charge in [-0.1, -0.05) is 13.8 Å². The summed E-state index contributed by atoms with van der Waals surface area (Å²) in [6, 6.07) is 0.657. The van der Waals surface area contributed by atoms with Gasteiger partial charge in [-0.25, -0.2) is 0 Å². The van der Waals surface area contributed by atoms with Crippen molar-refractivity contribution in [3.63, 3.8) is 0 Å². The quantitative estimate of drug-likeness (QED) is 0.526. The van der Waals surface area contributed by atoms with Gasteiger partial charge in [-0.15, -0.1) is 0 Å². The van der Waals surface area contributed by atoms with Crippen molar-refractivity contribution in [2.75, 3.05) is 13.2 Å². The highest BCUT2D eigenvalue weighted by Crippen LogP contribution is 2.21. The predicted molar refractivity (Wildman–Crippen MR) is 43.9 cm³/mol. The van der Waals surface area contributed by atoms with Crippen LogP contribution in [0.4, 0.5) is 0 Å². The minimum atomic E-state index is 0.461. The number of hydrogen-bond donors (Lipinski definition) is 2. The van der Waals surface area contributed by atoms with Crippen LogP contribution in [-0.4, -0.2) is 19.3 Å². The molecule has 1 atom stereocenters. The summed E-state index contributed by atoms with van der Waals surface area (Å²) in [5.41, 5.74) is 0.461. The molecule has 1 fully saturated rings. The maximum Gasteiger partial charge on any atom is 0.0456 e. The van der Waals surface area contributed by atoms with E-state index in [4.69, 9.17) is 0 Å². The van der Waals surface area contributed by atoms with Gasteiger partial charge in [-0.3, -0.25) is 0 Å². The first kappa shape index (κ1) is 8.02. The summed E-state index contributed by atoms with van der Waals surface area (Å²) < 4.78 is 0. The van der Waals surface area contributed by atoms with Crippen LogP contribution < -0.4 is 10.6 Å². The normalized spacial score (nSPS) is 33.3. The Morgan fingerprint density at radius 2 is 2.10 bits per heavy atom. The van der Waals surface area contributed by atoms with Gasteiger partial charge in [0.15, 0.2) is 0 Å². The van der Waals surface area contributed by atoms with Crippen molar-refractivity contribution in [1.29, 1.82) is 0 Å². The Morgan fingerprint density at radius 1 is 1.40 bits per heavy atom. The Hall–Kier alpha value is -0.0800. The Balaban J connectivity index is 2.46. The van der Waals surface area contributed by atoms with Gasteiger partial charge in [0.05, 0.1) is 0 Å². The van der Waals surface area contributed by atoms with Crippen LogP contribution in [-0.2, 0) is 0 Å². The monoisotopic (exact) mass is 142 g/mol. The lowest BCUT2D eigenvalue weighted by Crippen LogP contribution is -2.31. The second kappa shape index (κ2) is 2.89. The van der Waals surface area contributed by atoms with Crippen LogP contribution >= 0.6 is 0 Å². The lowest BCUT2D eigenvalue weighted by molar-refractivity contribution is 0.318. The summed E-state index contributed by atoms with van der Waals surface area (Å²) in [6.07, 6.45) is 1.26. The zero-order valence-corrected chi connectivity index (χ0v) is 7.20. The number of hydrogen-bond acceptors (Lipinski definition) is 2. The molecule has 1 heterocycles. The van der Waals surface area contributed by atoms with Gasteiger partial charge in [-0.2, -0.15) is 0 Å². The van der Waals surface area contributed by atoms with Crippen LogP contribution in [0.5, 0.6) is 0 Å². The molecular formula is C8H18N2. The van der Waals surface area contributed by atoms with Crippen molar-refractivity contribution in [3.05, 3.63) is 0 Å². The third-order valence-corrected chi connectivity index (χ3v) is 2.04. The van der Waals surface area contributed by atoms with Crippen LogP contribution in [0, 0.1) is 5.41 Å². The molecule has 1 unspecified atom stereocenters. The smallest absolute Gasteiger partial charge is 0.0456 e. The van der Waals surface area contributed by atoms with Crippen molar-refractivity contribution in [3.8, 4) is 0 Å². The average molecular weight is 142 g/mol. The molecule has 60 valence electrons. The van der Waals surface area contributed by atoms with Crippen LogP contribution in [0.25, 0.3) is 0 Å². The van der Waals surface area contributed by atoms with Crippen LogP contribution in [0.2, 0.25) is 0 Å². The average Bonchev–Trinajstić information content (AvgIpc) is 1.90. The number of nitrogens with one attached hydrogen (secondary N) is 2. The van der Waals surface area contributed by atoms with Gasteiger partial charge in [0, 0.05) is 19.3 Å². The van der Waals surface area contributed by atoms with E-state index >= 15 is 0 Å². The third-order valence-electron chi connectivity index (χ3n) is 2.04. The van der Waals surface area contributed by atoms with E-state index in [9.17, 15) is 0 Å². The first-order valence-corrected chi connectivity index (χ1v) is 4.04. The molecule has 0 radical (unpaired) electrons. The van der Waals surface area contributed by atoms with E-state index in [1.807, 2.05) is 0 Å². The zero-order chi connectivity index (χ0) is 7.61. The van der Waals surface area contributed by atoms with E-state index in [1.54, 1.807) is 0 Å². The van der Waals surface area contributed by atoms with Gasteiger partial charge in [0.2, 0.25) is 0 Å². The first-order valence-electron chi connectivity index (χ1n) is 4.04. The minimum absolute atomic E-state index is 0.461. The highest BCUT2D eigenvalue weighted by Gasteiger charge is 2.22. The van der Waals surface area contributed by atoms with Crippen molar-refractivity contribution >= 4 is 0 Å².